The highest BCUT2D eigenvalue weighted by Crippen LogP contribution is 2.47. The summed E-state index contributed by atoms with van der Waals surface area (Å²) in [7, 11) is 1.69. The van der Waals surface area contributed by atoms with Crippen LogP contribution in [-0.4, -0.2) is 29.6 Å². The number of pyridine rings is 1. The number of nitrogens with one attached hydrogen (secondary N) is 1. The van der Waals surface area contributed by atoms with Crippen molar-refractivity contribution in [3.8, 4) is 5.75 Å². The van der Waals surface area contributed by atoms with Crippen LogP contribution in [0.25, 0.3) is 10.9 Å². The molecule has 4 heteroatoms. The minimum atomic E-state index is 0.445. The van der Waals surface area contributed by atoms with E-state index in [9.17, 15) is 0 Å². The van der Waals surface area contributed by atoms with Gasteiger partial charge in [-0.05, 0) is 37.7 Å². The van der Waals surface area contributed by atoms with Gasteiger partial charge in [0.2, 0.25) is 0 Å². The maximum absolute atomic E-state index is 5.41. The first-order valence-corrected chi connectivity index (χ1v) is 8.13. The monoisotopic (exact) mass is 288 g/mol. The van der Waals surface area contributed by atoms with Crippen LogP contribution in [0.5, 0.6) is 5.75 Å². The molecule has 0 saturated heterocycles. The van der Waals surface area contributed by atoms with Gasteiger partial charge in [0.05, 0.1) is 7.11 Å². The van der Waals surface area contributed by atoms with Crippen molar-refractivity contribution >= 4 is 28.4 Å². The lowest BCUT2D eigenvalue weighted by molar-refractivity contribution is 0.419. The summed E-state index contributed by atoms with van der Waals surface area (Å²) < 4.78 is 5.85. The Morgan fingerprint density at radius 3 is 2.85 bits per heavy atom. The van der Waals surface area contributed by atoms with Crippen molar-refractivity contribution < 1.29 is 4.74 Å². The zero-order valence-electron chi connectivity index (χ0n) is 12.2. The van der Waals surface area contributed by atoms with Crippen LogP contribution in [0.4, 0.5) is 5.69 Å². The Kier molecular flexibility index (Phi) is 3.50. The average Bonchev–Trinajstić information content (AvgIpc) is 3.26. The molecular weight excluding hydrogens is 268 g/mol. The molecule has 1 aliphatic carbocycles. The number of thioether (sulfide) groups is 1. The van der Waals surface area contributed by atoms with Gasteiger partial charge >= 0.3 is 0 Å². The van der Waals surface area contributed by atoms with Crippen LogP contribution in [0.1, 0.15) is 18.4 Å². The number of benzene rings is 1. The second kappa shape index (κ2) is 5.17. The second-order valence-corrected chi connectivity index (χ2v) is 6.69. The van der Waals surface area contributed by atoms with Gasteiger partial charge < -0.3 is 10.1 Å². The summed E-state index contributed by atoms with van der Waals surface area (Å²) in [6.07, 6.45) is 6.75. The Balaban J connectivity index is 1.98. The third kappa shape index (κ3) is 2.33. The van der Waals surface area contributed by atoms with Gasteiger partial charge in [0, 0.05) is 28.6 Å². The van der Waals surface area contributed by atoms with Crippen molar-refractivity contribution in [2.45, 2.75) is 24.5 Å². The molecule has 1 N–H and O–H groups in total. The first-order chi connectivity index (χ1) is 9.69. The van der Waals surface area contributed by atoms with Crippen LogP contribution in [0.2, 0.25) is 0 Å². The Bertz CT molecular complexity index is 638. The highest BCUT2D eigenvalue weighted by atomic mass is 32.2. The summed E-state index contributed by atoms with van der Waals surface area (Å²) in [6.45, 7) is 3.12. The molecule has 1 aliphatic rings. The number of nitrogens with zero attached hydrogens (tertiary/aromatic N) is 1. The summed E-state index contributed by atoms with van der Waals surface area (Å²) in [6, 6.07) is 6.09. The zero-order valence-corrected chi connectivity index (χ0v) is 13.0. The minimum absolute atomic E-state index is 0.445. The van der Waals surface area contributed by atoms with Gasteiger partial charge in [0.15, 0.2) is 0 Å². The molecule has 1 aromatic heterocycles. The van der Waals surface area contributed by atoms with Gasteiger partial charge in [-0.2, -0.15) is 11.8 Å². The number of hydrogen-bond donors (Lipinski definition) is 1. The number of aryl methyl sites for hydroxylation is 1. The molecule has 0 unspecified atom stereocenters. The van der Waals surface area contributed by atoms with Gasteiger partial charge in [-0.15, -0.1) is 0 Å². The third-order valence-electron chi connectivity index (χ3n) is 4.10. The fourth-order valence-corrected chi connectivity index (χ4v) is 3.26. The lowest BCUT2D eigenvalue weighted by Gasteiger charge is -2.18. The lowest BCUT2D eigenvalue weighted by Crippen LogP contribution is -2.18. The number of ether oxygens (including phenoxy) is 1. The molecule has 1 heterocycles. The largest absolute Gasteiger partial charge is 0.494 e. The minimum Gasteiger partial charge on any atom is -0.494 e. The number of anilines is 1. The second-order valence-electron chi connectivity index (χ2n) is 5.41. The maximum atomic E-state index is 5.41. The van der Waals surface area contributed by atoms with E-state index in [2.05, 4.69) is 29.5 Å². The fourth-order valence-electron chi connectivity index (χ4n) is 2.54. The van der Waals surface area contributed by atoms with Gasteiger partial charge in [-0.25, -0.2) is 0 Å². The smallest absolute Gasteiger partial charge is 0.145 e. The van der Waals surface area contributed by atoms with Crippen LogP contribution < -0.4 is 10.1 Å². The van der Waals surface area contributed by atoms with Crippen molar-refractivity contribution in [1.29, 1.82) is 0 Å². The quantitative estimate of drug-likeness (QED) is 0.906. The molecule has 2 aromatic rings. The van der Waals surface area contributed by atoms with Crippen LogP contribution in [0, 0.1) is 6.92 Å². The van der Waals surface area contributed by atoms with Crippen LogP contribution >= 0.6 is 11.8 Å². The van der Waals surface area contributed by atoms with E-state index < -0.39 is 0 Å². The molecule has 3 rings (SSSR count). The molecule has 0 bridgehead atoms. The van der Waals surface area contributed by atoms with E-state index in [-0.39, 0.29) is 0 Å². The Morgan fingerprint density at radius 2 is 2.20 bits per heavy atom. The zero-order chi connectivity index (χ0) is 14.2. The number of rotatable bonds is 5. The van der Waals surface area contributed by atoms with Crippen molar-refractivity contribution in [2.75, 3.05) is 25.2 Å². The summed E-state index contributed by atoms with van der Waals surface area (Å²) in [5.41, 5.74) is 3.30. The van der Waals surface area contributed by atoms with Gasteiger partial charge in [0.1, 0.15) is 11.3 Å². The van der Waals surface area contributed by atoms with E-state index in [1.165, 1.54) is 24.1 Å². The average molecular weight is 288 g/mol. The van der Waals surface area contributed by atoms with Crippen LogP contribution in [0.3, 0.4) is 0 Å². The highest BCUT2D eigenvalue weighted by Gasteiger charge is 2.41. The van der Waals surface area contributed by atoms with E-state index in [4.69, 9.17) is 4.74 Å². The predicted octanol–water partition coefficient (Wildman–Crippen LogP) is 3.86. The summed E-state index contributed by atoms with van der Waals surface area (Å²) in [5, 5.41) is 4.78. The number of methoxy groups -OCH3 is 1. The molecule has 0 amide bonds. The number of para-hydroxylation sites is 1. The molecule has 0 atom stereocenters. The topological polar surface area (TPSA) is 34.1 Å². The van der Waals surface area contributed by atoms with Gasteiger partial charge in [0.25, 0.3) is 0 Å². The Labute approximate surface area is 124 Å². The first kappa shape index (κ1) is 13.6. The molecule has 0 radical (unpaired) electrons. The van der Waals surface area contributed by atoms with Crippen molar-refractivity contribution in [3.63, 3.8) is 0 Å². The van der Waals surface area contributed by atoms with Gasteiger partial charge in [-0.3, -0.25) is 4.98 Å². The van der Waals surface area contributed by atoms with E-state index in [1.807, 2.05) is 30.1 Å². The Morgan fingerprint density at radius 1 is 1.40 bits per heavy atom. The third-order valence-corrected chi connectivity index (χ3v) is 5.52. The van der Waals surface area contributed by atoms with Crippen molar-refractivity contribution in [3.05, 3.63) is 30.0 Å². The SMILES string of the molecule is COc1cccc2c(NCC3(SC)CC3)c(C)cnc12. The van der Waals surface area contributed by atoms with Crippen LogP contribution in [0.15, 0.2) is 24.4 Å². The molecular formula is C16H20N2OS. The molecule has 0 spiro atoms. The fraction of sp³-hybridized carbons (Fsp3) is 0.438. The highest BCUT2D eigenvalue weighted by molar-refractivity contribution is 8.00. The van der Waals surface area contributed by atoms with Crippen molar-refractivity contribution in [2.24, 2.45) is 0 Å². The number of fused-ring (bicyclic) bond motifs is 1. The molecule has 0 aliphatic heterocycles. The van der Waals surface area contributed by atoms with E-state index >= 15 is 0 Å². The van der Waals surface area contributed by atoms with E-state index in [0.29, 0.717) is 4.75 Å². The molecule has 1 saturated carbocycles. The maximum Gasteiger partial charge on any atom is 0.145 e. The predicted molar refractivity (Wildman–Crippen MR) is 87.0 cm³/mol. The van der Waals surface area contributed by atoms with Gasteiger partial charge in [-0.1, -0.05) is 12.1 Å². The summed E-state index contributed by atoms with van der Waals surface area (Å²) in [5.74, 6) is 0.830. The van der Waals surface area contributed by atoms with Crippen LogP contribution in [-0.2, 0) is 0 Å². The van der Waals surface area contributed by atoms with E-state index in [0.717, 1.165) is 23.2 Å². The lowest BCUT2D eigenvalue weighted by atomic mass is 10.1. The first-order valence-electron chi connectivity index (χ1n) is 6.90. The molecule has 1 fully saturated rings. The molecule has 1 aromatic carbocycles. The van der Waals surface area contributed by atoms with Crippen molar-refractivity contribution in [1.82, 2.24) is 4.98 Å². The standard InChI is InChI=1S/C16H20N2OS/c1-11-9-17-15-12(5-4-6-13(15)19-2)14(11)18-10-16(20-3)7-8-16/h4-6,9H,7-8,10H2,1-3H3,(H,17,18). The Hall–Kier alpha value is -1.42. The number of hydrogen-bond acceptors (Lipinski definition) is 4. The number of aromatic nitrogens is 1. The molecule has 106 valence electrons. The van der Waals surface area contributed by atoms with E-state index in [1.54, 1.807) is 7.11 Å². The molecule has 20 heavy (non-hydrogen) atoms. The molecule has 3 nitrogen and oxygen atoms in total. The normalized spacial score (nSPS) is 16.1. The summed E-state index contributed by atoms with van der Waals surface area (Å²) in [4.78, 5) is 4.52. The summed E-state index contributed by atoms with van der Waals surface area (Å²) >= 11 is 1.97.